The molecule has 0 bridgehead atoms. The first-order chi connectivity index (χ1) is 14.3. The lowest BCUT2D eigenvalue weighted by Gasteiger charge is -2.21. The third-order valence-electron chi connectivity index (χ3n) is 4.84. The molecule has 0 unspecified atom stereocenters. The molecule has 2 aromatic carbocycles. The largest absolute Gasteiger partial charge is 0.483 e. The Balaban J connectivity index is 1.97. The van der Waals surface area contributed by atoms with E-state index in [1.165, 1.54) is 0 Å². The lowest BCUT2D eigenvalue weighted by molar-refractivity contribution is -0.118. The Kier molecular flexibility index (Phi) is 8.90. The number of ether oxygens (including phenoxy) is 1. The second kappa shape index (κ2) is 11.4. The Morgan fingerprint density at radius 3 is 2.20 bits per heavy atom. The van der Waals surface area contributed by atoms with Crippen molar-refractivity contribution in [3.05, 3.63) is 59.2 Å². The van der Waals surface area contributed by atoms with Crippen LogP contribution in [0.5, 0.6) is 5.75 Å². The number of hydrogen-bond donors (Lipinski definition) is 1. The minimum absolute atomic E-state index is 0.0283. The maximum absolute atomic E-state index is 12.7. The minimum Gasteiger partial charge on any atom is -0.483 e. The fourth-order valence-electron chi connectivity index (χ4n) is 3.32. The number of carbonyl (C=O) groups excluding carboxylic acids is 2. The molecule has 5 heteroatoms. The van der Waals surface area contributed by atoms with Gasteiger partial charge in [-0.3, -0.25) is 9.59 Å². The predicted octanol–water partition coefficient (Wildman–Crippen LogP) is 5.40. The summed E-state index contributed by atoms with van der Waals surface area (Å²) in [5.74, 6) is 0.853. The van der Waals surface area contributed by atoms with E-state index in [2.05, 4.69) is 33.0 Å². The summed E-state index contributed by atoms with van der Waals surface area (Å²) in [4.78, 5) is 26.9. The Labute approximate surface area is 180 Å². The first kappa shape index (κ1) is 23.5. The number of amides is 2. The molecule has 0 saturated heterocycles. The summed E-state index contributed by atoms with van der Waals surface area (Å²) in [6.45, 7) is 11.8. The molecule has 30 heavy (non-hydrogen) atoms. The third kappa shape index (κ3) is 6.61. The van der Waals surface area contributed by atoms with E-state index in [4.69, 9.17) is 4.74 Å². The molecule has 0 aliphatic heterocycles. The van der Waals surface area contributed by atoms with Gasteiger partial charge in [0, 0.05) is 24.3 Å². The predicted molar refractivity (Wildman–Crippen MR) is 122 cm³/mol. The molecule has 0 fully saturated rings. The van der Waals surface area contributed by atoms with Gasteiger partial charge in [-0.2, -0.15) is 0 Å². The molecule has 0 atom stereocenters. The molecule has 0 heterocycles. The monoisotopic (exact) mass is 410 g/mol. The van der Waals surface area contributed by atoms with Crippen molar-refractivity contribution < 1.29 is 14.3 Å². The highest BCUT2D eigenvalue weighted by Gasteiger charge is 2.15. The van der Waals surface area contributed by atoms with Crippen LogP contribution in [-0.4, -0.2) is 36.4 Å². The molecule has 0 aliphatic rings. The van der Waals surface area contributed by atoms with Gasteiger partial charge in [-0.1, -0.05) is 39.8 Å². The summed E-state index contributed by atoms with van der Waals surface area (Å²) >= 11 is 0. The van der Waals surface area contributed by atoms with E-state index in [0.29, 0.717) is 17.2 Å². The van der Waals surface area contributed by atoms with Crippen LogP contribution in [0.25, 0.3) is 0 Å². The summed E-state index contributed by atoms with van der Waals surface area (Å²) in [6, 6.07) is 13.1. The molecule has 2 aromatic rings. The highest BCUT2D eigenvalue weighted by atomic mass is 16.5. The van der Waals surface area contributed by atoms with Crippen LogP contribution in [-0.2, 0) is 4.79 Å². The average Bonchev–Trinajstić information content (AvgIpc) is 2.72. The van der Waals surface area contributed by atoms with E-state index in [1.54, 1.807) is 24.3 Å². The molecule has 0 aromatic heterocycles. The van der Waals surface area contributed by atoms with Gasteiger partial charge in [0.1, 0.15) is 5.75 Å². The van der Waals surface area contributed by atoms with Crippen LogP contribution >= 0.6 is 0 Å². The van der Waals surface area contributed by atoms with Gasteiger partial charge in [-0.15, -0.1) is 0 Å². The maximum Gasteiger partial charge on any atom is 0.262 e. The van der Waals surface area contributed by atoms with Crippen LogP contribution in [0.3, 0.4) is 0 Å². The quantitative estimate of drug-likeness (QED) is 0.571. The minimum atomic E-state index is -0.233. The van der Waals surface area contributed by atoms with Crippen molar-refractivity contribution in [2.24, 2.45) is 0 Å². The highest BCUT2D eigenvalue weighted by molar-refractivity contribution is 5.96. The molecule has 0 saturated carbocycles. The van der Waals surface area contributed by atoms with Crippen molar-refractivity contribution in [3.63, 3.8) is 0 Å². The fraction of sp³-hybridized carbons (Fsp3) is 0.440. The van der Waals surface area contributed by atoms with Crippen molar-refractivity contribution in [1.82, 2.24) is 4.90 Å². The Hall–Kier alpha value is -2.82. The molecule has 2 rings (SSSR count). The number of hydrogen-bond acceptors (Lipinski definition) is 3. The number of benzene rings is 2. The van der Waals surface area contributed by atoms with Crippen LogP contribution in [0, 0.1) is 6.92 Å². The smallest absolute Gasteiger partial charge is 0.262 e. The number of anilines is 1. The van der Waals surface area contributed by atoms with Crippen molar-refractivity contribution in [1.29, 1.82) is 0 Å². The van der Waals surface area contributed by atoms with Crippen molar-refractivity contribution in [2.75, 3.05) is 25.0 Å². The molecule has 162 valence electrons. The number of nitrogens with one attached hydrogen (secondary N) is 1. The summed E-state index contributed by atoms with van der Waals surface area (Å²) in [5.41, 5.74) is 3.45. The molecule has 2 amide bonds. The highest BCUT2D eigenvalue weighted by Crippen LogP contribution is 2.27. The first-order valence-electron chi connectivity index (χ1n) is 10.8. The van der Waals surface area contributed by atoms with Gasteiger partial charge < -0.3 is 15.0 Å². The molecule has 0 aliphatic carbocycles. The number of carbonyl (C=O) groups is 2. The van der Waals surface area contributed by atoms with Crippen LogP contribution in [0.4, 0.5) is 5.69 Å². The standard InChI is InChI=1S/C25H34N2O3/c1-6-14-27(15-7-2)25(29)20-9-11-21(12-10-20)26-24(28)17-30-23-16-19(5)8-13-22(23)18(3)4/h8-13,16,18H,6-7,14-15,17H2,1-5H3,(H,26,28). The normalized spacial score (nSPS) is 10.7. The SMILES string of the molecule is CCCN(CCC)C(=O)c1ccc(NC(=O)COc2cc(C)ccc2C(C)C)cc1. The van der Waals surface area contributed by atoms with E-state index in [-0.39, 0.29) is 18.4 Å². The van der Waals surface area contributed by atoms with Gasteiger partial charge in [-0.05, 0) is 67.1 Å². The molecule has 5 nitrogen and oxygen atoms in total. The van der Waals surface area contributed by atoms with Crippen LogP contribution in [0.2, 0.25) is 0 Å². The van der Waals surface area contributed by atoms with Gasteiger partial charge in [-0.25, -0.2) is 0 Å². The summed E-state index contributed by atoms with van der Waals surface area (Å²) in [7, 11) is 0. The van der Waals surface area contributed by atoms with E-state index < -0.39 is 0 Å². The number of nitrogens with zero attached hydrogens (tertiary/aromatic N) is 1. The molecular formula is C25H34N2O3. The maximum atomic E-state index is 12.7. The topological polar surface area (TPSA) is 58.6 Å². The summed E-state index contributed by atoms with van der Waals surface area (Å²) in [6.07, 6.45) is 1.86. The molecule has 0 radical (unpaired) electrons. The zero-order valence-electron chi connectivity index (χ0n) is 18.8. The zero-order valence-corrected chi connectivity index (χ0v) is 18.8. The second-order valence-corrected chi connectivity index (χ2v) is 7.90. The lowest BCUT2D eigenvalue weighted by atomic mass is 10.0. The number of aryl methyl sites for hydroxylation is 1. The Morgan fingerprint density at radius 2 is 1.63 bits per heavy atom. The van der Waals surface area contributed by atoms with Crippen molar-refractivity contribution in [2.45, 2.75) is 53.4 Å². The first-order valence-corrected chi connectivity index (χ1v) is 10.8. The molecule has 0 spiro atoms. The van der Waals surface area contributed by atoms with Crippen molar-refractivity contribution >= 4 is 17.5 Å². The van der Waals surface area contributed by atoms with E-state index in [0.717, 1.165) is 42.8 Å². The second-order valence-electron chi connectivity index (χ2n) is 7.90. The Bertz CT molecular complexity index is 838. The molecule has 1 N–H and O–H groups in total. The van der Waals surface area contributed by atoms with Crippen molar-refractivity contribution in [3.8, 4) is 5.75 Å². The lowest BCUT2D eigenvalue weighted by Crippen LogP contribution is -2.32. The fourth-order valence-corrected chi connectivity index (χ4v) is 3.32. The van der Waals surface area contributed by atoms with Gasteiger partial charge >= 0.3 is 0 Å². The average molecular weight is 411 g/mol. The zero-order chi connectivity index (χ0) is 22.1. The number of rotatable bonds is 10. The Morgan fingerprint density at radius 1 is 1.00 bits per heavy atom. The van der Waals surface area contributed by atoms with E-state index in [1.807, 2.05) is 30.0 Å². The van der Waals surface area contributed by atoms with Crippen LogP contribution in [0.15, 0.2) is 42.5 Å². The third-order valence-corrected chi connectivity index (χ3v) is 4.84. The summed E-state index contributed by atoms with van der Waals surface area (Å²) < 4.78 is 5.79. The van der Waals surface area contributed by atoms with Gasteiger partial charge in [0.25, 0.3) is 11.8 Å². The van der Waals surface area contributed by atoms with Crippen LogP contribution < -0.4 is 10.1 Å². The van der Waals surface area contributed by atoms with E-state index in [9.17, 15) is 9.59 Å². The van der Waals surface area contributed by atoms with E-state index >= 15 is 0 Å². The molecular weight excluding hydrogens is 376 g/mol. The van der Waals surface area contributed by atoms with Gasteiger partial charge in [0.15, 0.2) is 6.61 Å². The summed E-state index contributed by atoms with van der Waals surface area (Å²) in [5, 5.41) is 2.83. The van der Waals surface area contributed by atoms with Gasteiger partial charge in [0.2, 0.25) is 0 Å². The van der Waals surface area contributed by atoms with Gasteiger partial charge in [0.05, 0.1) is 0 Å². The van der Waals surface area contributed by atoms with Crippen LogP contribution in [0.1, 0.15) is 67.9 Å².